The number of carbonyl (C=O) groups excluding carboxylic acids is 1. The molecular weight excluding hydrogens is 328 g/mol. The molecule has 1 fully saturated rings. The molecule has 0 bridgehead atoms. The summed E-state index contributed by atoms with van der Waals surface area (Å²) in [6, 6.07) is 13.3. The molecule has 0 aliphatic carbocycles. The number of nitriles is 1. The number of anilines is 1. The first-order valence-corrected chi connectivity index (χ1v) is 8.70. The van der Waals surface area contributed by atoms with Crippen LogP contribution in [0.5, 0.6) is 5.75 Å². The Balaban J connectivity index is 1.56. The van der Waals surface area contributed by atoms with E-state index in [-0.39, 0.29) is 5.91 Å². The van der Waals surface area contributed by atoms with Gasteiger partial charge in [-0.05, 0) is 38.1 Å². The van der Waals surface area contributed by atoms with Gasteiger partial charge in [-0.2, -0.15) is 5.26 Å². The molecule has 1 aliphatic rings. The minimum Gasteiger partial charge on any atom is -0.481 e. The van der Waals surface area contributed by atoms with Crippen LogP contribution in [0.2, 0.25) is 0 Å². The first-order chi connectivity index (χ1) is 12.6. The molecule has 6 heteroatoms. The van der Waals surface area contributed by atoms with Crippen molar-refractivity contribution in [1.82, 2.24) is 9.88 Å². The standard InChI is InChI=1S/C20H22N4O2/c1-15-3-5-18(6-4-15)26-16(2)20(25)24-11-9-23(10-12-24)19-13-17(14-21)7-8-22-19/h3-8,13,16H,9-12H2,1-2H3. The molecular formula is C20H22N4O2. The summed E-state index contributed by atoms with van der Waals surface area (Å²) in [6.07, 6.45) is 1.12. The van der Waals surface area contributed by atoms with Gasteiger partial charge in [0.1, 0.15) is 11.6 Å². The van der Waals surface area contributed by atoms with Crippen molar-refractivity contribution in [3.05, 3.63) is 53.7 Å². The predicted molar refractivity (Wildman–Crippen MR) is 99.0 cm³/mol. The van der Waals surface area contributed by atoms with E-state index in [4.69, 9.17) is 10.00 Å². The van der Waals surface area contributed by atoms with Gasteiger partial charge in [0.15, 0.2) is 6.10 Å². The van der Waals surface area contributed by atoms with E-state index < -0.39 is 6.10 Å². The van der Waals surface area contributed by atoms with Gasteiger partial charge in [0.25, 0.3) is 5.91 Å². The molecule has 3 rings (SSSR count). The van der Waals surface area contributed by atoms with Crippen LogP contribution in [0.4, 0.5) is 5.82 Å². The Kier molecular flexibility index (Phi) is 5.37. The van der Waals surface area contributed by atoms with Gasteiger partial charge in [-0.25, -0.2) is 4.98 Å². The lowest BCUT2D eigenvalue weighted by molar-refractivity contribution is -0.138. The third-order valence-corrected chi connectivity index (χ3v) is 4.47. The number of hydrogen-bond acceptors (Lipinski definition) is 5. The average Bonchev–Trinajstić information content (AvgIpc) is 2.69. The Morgan fingerprint density at radius 1 is 1.19 bits per heavy atom. The third kappa shape index (κ3) is 4.12. The van der Waals surface area contributed by atoms with E-state index in [0.717, 1.165) is 11.4 Å². The first kappa shape index (κ1) is 17.7. The maximum atomic E-state index is 12.6. The lowest BCUT2D eigenvalue weighted by Gasteiger charge is -2.36. The van der Waals surface area contributed by atoms with Gasteiger partial charge in [-0.15, -0.1) is 0 Å². The van der Waals surface area contributed by atoms with E-state index in [9.17, 15) is 4.79 Å². The van der Waals surface area contributed by atoms with Crippen molar-refractivity contribution in [2.45, 2.75) is 20.0 Å². The first-order valence-electron chi connectivity index (χ1n) is 8.70. The van der Waals surface area contributed by atoms with Crippen LogP contribution >= 0.6 is 0 Å². The fraction of sp³-hybridized carbons (Fsp3) is 0.350. The summed E-state index contributed by atoms with van der Waals surface area (Å²) in [5.74, 6) is 1.47. The van der Waals surface area contributed by atoms with Crippen LogP contribution in [0.15, 0.2) is 42.6 Å². The summed E-state index contributed by atoms with van der Waals surface area (Å²) >= 11 is 0. The number of hydrogen-bond donors (Lipinski definition) is 0. The van der Waals surface area contributed by atoms with Crippen molar-refractivity contribution < 1.29 is 9.53 Å². The molecule has 1 unspecified atom stereocenters. The minimum absolute atomic E-state index is 0.0102. The van der Waals surface area contributed by atoms with Gasteiger partial charge >= 0.3 is 0 Å². The second kappa shape index (κ2) is 7.87. The summed E-state index contributed by atoms with van der Waals surface area (Å²) in [7, 11) is 0. The summed E-state index contributed by atoms with van der Waals surface area (Å²) in [4.78, 5) is 20.9. The molecule has 1 amide bonds. The largest absolute Gasteiger partial charge is 0.481 e. The number of nitrogens with zero attached hydrogens (tertiary/aromatic N) is 4. The van der Waals surface area contributed by atoms with Gasteiger partial charge in [0.05, 0.1) is 11.6 Å². The fourth-order valence-electron chi connectivity index (χ4n) is 2.95. The Bertz CT molecular complexity index is 805. The fourth-order valence-corrected chi connectivity index (χ4v) is 2.95. The summed E-state index contributed by atoms with van der Waals surface area (Å²) in [5, 5.41) is 9.01. The number of aryl methyl sites for hydroxylation is 1. The molecule has 6 nitrogen and oxygen atoms in total. The maximum Gasteiger partial charge on any atom is 0.263 e. The topological polar surface area (TPSA) is 69.5 Å². The van der Waals surface area contributed by atoms with Crippen molar-refractivity contribution in [1.29, 1.82) is 5.26 Å². The Morgan fingerprint density at radius 3 is 2.54 bits per heavy atom. The summed E-state index contributed by atoms with van der Waals surface area (Å²) in [6.45, 7) is 6.39. The summed E-state index contributed by atoms with van der Waals surface area (Å²) < 4.78 is 5.77. The van der Waals surface area contributed by atoms with E-state index >= 15 is 0 Å². The quantitative estimate of drug-likeness (QED) is 0.847. The van der Waals surface area contributed by atoms with Crippen molar-refractivity contribution in [3.63, 3.8) is 0 Å². The lowest BCUT2D eigenvalue weighted by Crippen LogP contribution is -2.52. The average molecular weight is 350 g/mol. The van der Waals surface area contributed by atoms with Gasteiger partial charge in [-0.1, -0.05) is 17.7 Å². The molecule has 1 saturated heterocycles. The van der Waals surface area contributed by atoms with Gasteiger partial charge in [0, 0.05) is 32.4 Å². The SMILES string of the molecule is Cc1ccc(OC(C)C(=O)N2CCN(c3cc(C#N)ccn3)CC2)cc1. The van der Waals surface area contributed by atoms with Crippen molar-refractivity contribution in [2.75, 3.05) is 31.1 Å². The number of benzene rings is 1. The number of aromatic nitrogens is 1. The molecule has 26 heavy (non-hydrogen) atoms. The van der Waals surface area contributed by atoms with Crippen LogP contribution in [-0.4, -0.2) is 48.1 Å². The molecule has 1 aliphatic heterocycles. The summed E-state index contributed by atoms with van der Waals surface area (Å²) in [5.41, 5.74) is 1.75. The molecule has 2 heterocycles. The number of amides is 1. The molecule has 0 spiro atoms. The highest BCUT2D eigenvalue weighted by Gasteiger charge is 2.26. The zero-order chi connectivity index (χ0) is 18.5. The molecule has 0 radical (unpaired) electrons. The van der Waals surface area contributed by atoms with E-state index in [1.165, 1.54) is 0 Å². The van der Waals surface area contributed by atoms with Gasteiger partial charge < -0.3 is 14.5 Å². The molecule has 0 saturated carbocycles. The number of ether oxygens (including phenoxy) is 1. The second-order valence-electron chi connectivity index (χ2n) is 6.40. The van der Waals surface area contributed by atoms with Crippen LogP contribution in [0.25, 0.3) is 0 Å². The van der Waals surface area contributed by atoms with Crippen molar-refractivity contribution >= 4 is 11.7 Å². The van der Waals surface area contributed by atoms with Crippen LogP contribution in [0.1, 0.15) is 18.1 Å². The third-order valence-electron chi connectivity index (χ3n) is 4.47. The molecule has 1 atom stereocenters. The second-order valence-corrected chi connectivity index (χ2v) is 6.40. The highest BCUT2D eigenvalue weighted by molar-refractivity contribution is 5.81. The molecule has 2 aromatic rings. The Hall–Kier alpha value is -3.07. The number of piperazine rings is 1. The molecule has 1 aromatic carbocycles. The molecule has 1 aromatic heterocycles. The number of carbonyl (C=O) groups is 1. The highest BCUT2D eigenvalue weighted by Crippen LogP contribution is 2.17. The molecule has 134 valence electrons. The van der Waals surface area contributed by atoms with Crippen LogP contribution in [-0.2, 0) is 4.79 Å². The van der Waals surface area contributed by atoms with Crippen LogP contribution in [0, 0.1) is 18.3 Å². The van der Waals surface area contributed by atoms with Crippen molar-refractivity contribution in [2.24, 2.45) is 0 Å². The van der Waals surface area contributed by atoms with Gasteiger partial charge in [-0.3, -0.25) is 4.79 Å². The minimum atomic E-state index is -0.524. The van der Waals surface area contributed by atoms with E-state index in [1.54, 1.807) is 25.3 Å². The zero-order valence-corrected chi connectivity index (χ0v) is 15.1. The monoisotopic (exact) mass is 350 g/mol. The maximum absolute atomic E-state index is 12.6. The smallest absolute Gasteiger partial charge is 0.263 e. The van der Waals surface area contributed by atoms with Crippen LogP contribution in [0.3, 0.4) is 0 Å². The number of rotatable bonds is 4. The van der Waals surface area contributed by atoms with E-state index in [2.05, 4.69) is 16.0 Å². The molecule has 0 N–H and O–H groups in total. The van der Waals surface area contributed by atoms with Crippen LogP contribution < -0.4 is 9.64 Å². The Morgan fingerprint density at radius 2 is 1.88 bits per heavy atom. The van der Waals surface area contributed by atoms with E-state index in [0.29, 0.717) is 37.5 Å². The van der Waals surface area contributed by atoms with E-state index in [1.807, 2.05) is 36.1 Å². The highest BCUT2D eigenvalue weighted by atomic mass is 16.5. The predicted octanol–water partition coefficient (Wildman–Crippen LogP) is 2.38. The zero-order valence-electron chi connectivity index (χ0n) is 15.1. The lowest BCUT2D eigenvalue weighted by atomic mass is 10.2. The number of pyridine rings is 1. The normalized spacial score (nSPS) is 15.3. The van der Waals surface area contributed by atoms with Gasteiger partial charge in [0.2, 0.25) is 0 Å². The Labute approximate surface area is 153 Å². The van der Waals surface area contributed by atoms with Crippen molar-refractivity contribution in [3.8, 4) is 11.8 Å².